The van der Waals surface area contributed by atoms with Gasteiger partial charge in [0.05, 0.1) is 6.04 Å². The third-order valence-corrected chi connectivity index (χ3v) is 5.76. The number of nitrogens with zero attached hydrogens (tertiary/aromatic N) is 2. The summed E-state index contributed by atoms with van der Waals surface area (Å²) in [5.41, 5.74) is 1.15. The monoisotopic (exact) mass is 329 g/mol. The van der Waals surface area contributed by atoms with Gasteiger partial charge in [0.2, 0.25) is 5.91 Å². The molecule has 4 heteroatoms. The number of nitrogens with one attached hydrogen (secondary N) is 1. The Morgan fingerprint density at radius 2 is 2.17 bits per heavy atom. The van der Waals surface area contributed by atoms with Gasteiger partial charge in [0.25, 0.3) is 0 Å². The van der Waals surface area contributed by atoms with Gasteiger partial charge in [-0.05, 0) is 43.2 Å². The maximum absolute atomic E-state index is 13.1. The smallest absolute Gasteiger partial charge is 0.226 e. The first kappa shape index (κ1) is 17.4. The zero-order valence-corrected chi connectivity index (χ0v) is 14.9. The molecule has 1 saturated carbocycles. The summed E-state index contributed by atoms with van der Waals surface area (Å²) in [7, 11) is 0. The first-order valence-electron chi connectivity index (χ1n) is 9.70. The van der Waals surface area contributed by atoms with E-state index in [2.05, 4.69) is 28.2 Å². The molecule has 4 nitrogen and oxygen atoms in total. The second kappa shape index (κ2) is 8.61. The van der Waals surface area contributed by atoms with Gasteiger partial charge in [-0.3, -0.25) is 9.78 Å². The van der Waals surface area contributed by atoms with Gasteiger partial charge >= 0.3 is 0 Å². The Labute approximate surface area is 146 Å². The second-order valence-electron chi connectivity index (χ2n) is 7.40. The molecule has 1 aliphatic heterocycles. The molecular formula is C20H31N3O. The van der Waals surface area contributed by atoms with Crippen molar-refractivity contribution in [2.75, 3.05) is 19.6 Å². The molecule has 1 aromatic rings. The maximum Gasteiger partial charge on any atom is 0.226 e. The van der Waals surface area contributed by atoms with Crippen LogP contribution in [0.5, 0.6) is 0 Å². The van der Waals surface area contributed by atoms with Crippen LogP contribution in [0.15, 0.2) is 24.5 Å². The third-order valence-electron chi connectivity index (χ3n) is 5.76. The fraction of sp³-hybridized carbons (Fsp3) is 0.700. The molecular weight excluding hydrogens is 298 g/mol. The van der Waals surface area contributed by atoms with Crippen molar-refractivity contribution in [2.24, 2.45) is 11.8 Å². The SMILES string of the molecule is CCCCC1CCC(C(=O)N2CCNCC2c2cccnc2)CC1. The minimum absolute atomic E-state index is 0.137. The number of unbranched alkanes of at least 4 members (excludes halogenated alkanes) is 1. The van der Waals surface area contributed by atoms with Gasteiger partial charge in [0.15, 0.2) is 0 Å². The highest BCUT2D eigenvalue weighted by atomic mass is 16.2. The van der Waals surface area contributed by atoms with Crippen LogP contribution in [-0.4, -0.2) is 35.4 Å². The van der Waals surface area contributed by atoms with E-state index in [-0.39, 0.29) is 12.0 Å². The molecule has 0 spiro atoms. The molecule has 0 aromatic carbocycles. The van der Waals surface area contributed by atoms with Crippen molar-refractivity contribution in [3.63, 3.8) is 0 Å². The number of aromatic nitrogens is 1. The molecule has 2 heterocycles. The number of hydrogen-bond acceptors (Lipinski definition) is 3. The topological polar surface area (TPSA) is 45.2 Å². The molecule has 1 amide bonds. The van der Waals surface area contributed by atoms with Gasteiger partial charge in [0, 0.05) is 37.9 Å². The van der Waals surface area contributed by atoms with Crippen LogP contribution in [0.4, 0.5) is 0 Å². The lowest BCUT2D eigenvalue weighted by Gasteiger charge is -2.39. The molecule has 132 valence electrons. The summed E-state index contributed by atoms with van der Waals surface area (Å²) in [6.45, 7) is 4.81. The Bertz CT molecular complexity index is 511. The lowest BCUT2D eigenvalue weighted by Crippen LogP contribution is -2.50. The Morgan fingerprint density at radius 1 is 1.33 bits per heavy atom. The van der Waals surface area contributed by atoms with E-state index < -0.39 is 0 Å². The van der Waals surface area contributed by atoms with Crippen molar-refractivity contribution in [2.45, 2.75) is 57.9 Å². The number of pyridine rings is 1. The van der Waals surface area contributed by atoms with E-state index in [0.717, 1.165) is 44.0 Å². The highest BCUT2D eigenvalue weighted by Crippen LogP contribution is 2.34. The zero-order valence-electron chi connectivity index (χ0n) is 14.9. The van der Waals surface area contributed by atoms with Gasteiger partial charge in [-0.2, -0.15) is 0 Å². The summed E-state index contributed by atoms with van der Waals surface area (Å²) >= 11 is 0. The quantitative estimate of drug-likeness (QED) is 0.898. The van der Waals surface area contributed by atoms with Crippen LogP contribution in [0, 0.1) is 11.8 Å². The summed E-state index contributed by atoms with van der Waals surface area (Å²) < 4.78 is 0. The molecule has 1 N–H and O–H groups in total. The standard InChI is InChI=1S/C20H31N3O/c1-2-3-5-16-7-9-17(10-8-16)20(24)23-13-12-22-15-19(23)18-6-4-11-21-14-18/h4,6,11,14,16-17,19,22H,2-3,5,7-10,12-13,15H2,1H3. The molecule has 3 rings (SSSR count). The highest BCUT2D eigenvalue weighted by molar-refractivity contribution is 5.79. The zero-order chi connectivity index (χ0) is 16.8. The van der Waals surface area contributed by atoms with E-state index in [1.54, 1.807) is 6.20 Å². The lowest BCUT2D eigenvalue weighted by atomic mass is 9.79. The van der Waals surface area contributed by atoms with E-state index >= 15 is 0 Å². The predicted octanol–water partition coefficient (Wildman–Crippen LogP) is 3.55. The van der Waals surface area contributed by atoms with Crippen LogP contribution in [0.1, 0.15) is 63.5 Å². The van der Waals surface area contributed by atoms with E-state index in [1.165, 1.54) is 32.1 Å². The molecule has 0 radical (unpaired) electrons. The maximum atomic E-state index is 13.1. The van der Waals surface area contributed by atoms with Crippen molar-refractivity contribution in [1.29, 1.82) is 0 Å². The van der Waals surface area contributed by atoms with Crippen molar-refractivity contribution >= 4 is 5.91 Å². The minimum Gasteiger partial charge on any atom is -0.333 e. The van der Waals surface area contributed by atoms with E-state index in [0.29, 0.717) is 5.91 Å². The van der Waals surface area contributed by atoms with Gasteiger partial charge < -0.3 is 10.2 Å². The van der Waals surface area contributed by atoms with E-state index in [9.17, 15) is 4.79 Å². The summed E-state index contributed by atoms with van der Waals surface area (Å²) in [5, 5.41) is 3.43. The van der Waals surface area contributed by atoms with Crippen LogP contribution < -0.4 is 5.32 Å². The van der Waals surface area contributed by atoms with E-state index in [1.807, 2.05) is 12.3 Å². The lowest BCUT2D eigenvalue weighted by molar-refractivity contribution is -0.140. The molecule has 1 saturated heterocycles. The molecule has 2 aliphatic rings. The molecule has 1 aliphatic carbocycles. The number of amides is 1. The van der Waals surface area contributed by atoms with Crippen LogP contribution in [0.25, 0.3) is 0 Å². The van der Waals surface area contributed by atoms with Gasteiger partial charge in [0.1, 0.15) is 0 Å². The molecule has 1 aromatic heterocycles. The van der Waals surface area contributed by atoms with Crippen molar-refractivity contribution in [3.05, 3.63) is 30.1 Å². The fourth-order valence-corrected chi connectivity index (χ4v) is 4.26. The van der Waals surface area contributed by atoms with Gasteiger partial charge in [-0.25, -0.2) is 0 Å². The van der Waals surface area contributed by atoms with Gasteiger partial charge in [-0.15, -0.1) is 0 Å². The summed E-state index contributed by atoms with van der Waals surface area (Å²) in [6, 6.07) is 4.19. The number of carbonyl (C=O) groups is 1. The summed E-state index contributed by atoms with van der Waals surface area (Å²) in [4.78, 5) is 19.5. The van der Waals surface area contributed by atoms with Crippen LogP contribution in [-0.2, 0) is 4.79 Å². The Balaban J connectivity index is 1.61. The third kappa shape index (κ3) is 4.15. The number of piperazine rings is 1. The molecule has 24 heavy (non-hydrogen) atoms. The van der Waals surface area contributed by atoms with Crippen LogP contribution >= 0.6 is 0 Å². The largest absolute Gasteiger partial charge is 0.333 e. The second-order valence-corrected chi connectivity index (χ2v) is 7.40. The average molecular weight is 329 g/mol. The highest BCUT2D eigenvalue weighted by Gasteiger charge is 2.34. The predicted molar refractivity (Wildman–Crippen MR) is 96.5 cm³/mol. The first-order valence-corrected chi connectivity index (χ1v) is 9.70. The Hall–Kier alpha value is -1.42. The number of carbonyl (C=O) groups excluding carboxylic acids is 1. The van der Waals surface area contributed by atoms with Crippen LogP contribution in [0.2, 0.25) is 0 Å². The van der Waals surface area contributed by atoms with Crippen molar-refractivity contribution < 1.29 is 4.79 Å². The average Bonchev–Trinajstić information content (AvgIpc) is 2.67. The van der Waals surface area contributed by atoms with Crippen molar-refractivity contribution in [1.82, 2.24) is 15.2 Å². The van der Waals surface area contributed by atoms with E-state index in [4.69, 9.17) is 0 Å². The first-order chi connectivity index (χ1) is 11.8. The number of hydrogen-bond donors (Lipinski definition) is 1. The van der Waals surface area contributed by atoms with Crippen molar-refractivity contribution in [3.8, 4) is 0 Å². The minimum atomic E-state index is 0.137. The summed E-state index contributed by atoms with van der Waals surface area (Å²) in [6.07, 6.45) is 12.3. The van der Waals surface area contributed by atoms with Crippen LogP contribution in [0.3, 0.4) is 0 Å². The normalized spacial score (nSPS) is 27.9. The Morgan fingerprint density at radius 3 is 2.88 bits per heavy atom. The van der Waals surface area contributed by atoms with Gasteiger partial charge in [-0.1, -0.05) is 32.3 Å². The number of rotatable bonds is 5. The molecule has 1 atom stereocenters. The Kier molecular flexibility index (Phi) is 6.24. The fourth-order valence-electron chi connectivity index (χ4n) is 4.26. The molecule has 1 unspecified atom stereocenters. The molecule has 0 bridgehead atoms. The molecule has 2 fully saturated rings. The summed E-state index contributed by atoms with van der Waals surface area (Å²) in [5.74, 6) is 1.46.